The van der Waals surface area contributed by atoms with E-state index in [1.165, 1.54) is 0 Å². The van der Waals surface area contributed by atoms with Crippen molar-refractivity contribution in [3.63, 3.8) is 0 Å². The van der Waals surface area contributed by atoms with Crippen LogP contribution in [0.25, 0.3) is 0 Å². The first kappa shape index (κ1) is 15.1. The van der Waals surface area contributed by atoms with Gasteiger partial charge in [-0.15, -0.1) is 0 Å². The van der Waals surface area contributed by atoms with Gasteiger partial charge in [0, 0.05) is 17.7 Å². The number of carbonyl (C=O) groups excluding carboxylic acids is 1. The van der Waals surface area contributed by atoms with Crippen LogP contribution in [0.1, 0.15) is 20.8 Å². The maximum absolute atomic E-state index is 11.3. The molecule has 0 aromatic heterocycles. The lowest BCUT2D eigenvalue weighted by Gasteiger charge is -2.32. The molecule has 0 saturated carbocycles. The number of nitrogens with zero attached hydrogens (tertiary/aromatic N) is 2. The Kier molecular flexibility index (Phi) is 5.68. The topological polar surface area (TPSA) is 49.6 Å². The van der Waals surface area contributed by atoms with Crippen molar-refractivity contribution in [2.24, 2.45) is 5.73 Å². The summed E-state index contributed by atoms with van der Waals surface area (Å²) in [6.45, 7) is 5.97. The number of carbonyl (C=O) groups is 1. The Bertz CT molecular complexity index is 266. The maximum Gasteiger partial charge on any atom is 0.244 e. The Labute approximate surface area is 99.1 Å². The molecule has 0 radical (unpaired) electrons. The van der Waals surface area contributed by atoms with Crippen molar-refractivity contribution in [1.82, 2.24) is 9.80 Å². The van der Waals surface area contributed by atoms with Crippen molar-refractivity contribution in [3.8, 4) is 0 Å². The standard InChI is InChI=1S/C12H25N3O/c1-8(12(13)16)11(9(2)14(4)5)10(3)15(6)7/h9-10H,1-7H3,(H2,13,16). The first-order valence-corrected chi connectivity index (χ1v) is 5.53. The number of hydrogen-bond acceptors (Lipinski definition) is 3. The third-order valence-corrected chi connectivity index (χ3v) is 3.25. The first-order chi connectivity index (χ1) is 7.20. The van der Waals surface area contributed by atoms with Gasteiger partial charge in [0.05, 0.1) is 0 Å². The van der Waals surface area contributed by atoms with E-state index in [9.17, 15) is 4.79 Å². The molecule has 0 aromatic carbocycles. The summed E-state index contributed by atoms with van der Waals surface area (Å²) in [5.41, 5.74) is 7.13. The fourth-order valence-electron chi connectivity index (χ4n) is 1.67. The minimum atomic E-state index is -0.336. The molecule has 4 nitrogen and oxygen atoms in total. The van der Waals surface area contributed by atoms with Crippen molar-refractivity contribution in [2.75, 3.05) is 28.2 Å². The average molecular weight is 227 g/mol. The Morgan fingerprint density at radius 2 is 1.31 bits per heavy atom. The van der Waals surface area contributed by atoms with Crippen molar-refractivity contribution in [1.29, 1.82) is 0 Å². The molecule has 94 valence electrons. The van der Waals surface area contributed by atoms with E-state index in [0.29, 0.717) is 5.57 Å². The summed E-state index contributed by atoms with van der Waals surface area (Å²) in [5, 5.41) is 0. The molecule has 4 heteroatoms. The van der Waals surface area contributed by atoms with Gasteiger partial charge >= 0.3 is 0 Å². The molecule has 16 heavy (non-hydrogen) atoms. The van der Waals surface area contributed by atoms with Gasteiger partial charge in [-0.25, -0.2) is 0 Å². The molecule has 0 heterocycles. The quantitative estimate of drug-likeness (QED) is 0.703. The molecule has 0 spiro atoms. The Hall–Kier alpha value is -0.870. The lowest BCUT2D eigenvalue weighted by molar-refractivity contribution is -0.114. The van der Waals surface area contributed by atoms with E-state index in [4.69, 9.17) is 5.73 Å². The normalized spacial score (nSPS) is 15.1. The predicted molar refractivity (Wildman–Crippen MR) is 68.2 cm³/mol. The lowest BCUT2D eigenvalue weighted by Crippen LogP contribution is -2.39. The summed E-state index contributed by atoms with van der Waals surface area (Å²) in [6, 6.07) is 0.398. The number of hydrogen-bond donors (Lipinski definition) is 1. The summed E-state index contributed by atoms with van der Waals surface area (Å²) in [5.74, 6) is -0.336. The second-order valence-corrected chi connectivity index (χ2v) is 4.72. The molecule has 0 aliphatic carbocycles. The highest BCUT2D eigenvalue weighted by molar-refractivity contribution is 5.92. The Balaban J connectivity index is 5.38. The van der Waals surface area contributed by atoms with E-state index in [-0.39, 0.29) is 18.0 Å². The van der Waals surface area contributed by atoms with E-state index in [2.05, 4.69) is 23.6 Å². The number of amides is 1. The maximum atomic E-state index is 11.3. The number of rotatable bonds is 5. The van der Waals surface area contributed by atoms with E-state index >= 15 is 0 Å². The average Bonchev–Trinajstić information content (AvgIpc) is 2.16. The van der Waals surface area contributed by atoms with Gasteiger partial charge in [0.25, 0.3) is 0 Å². The van der Waals surface area contributed by atoms with Crippen LogP contribution in [0.3, 0.4) is 0 Å². The van der Waals surface area contributed by atoms with E-state index in [0.717, 1.165) is 5.57 Å². The molecular weight excluding hydrogens is 202 g/mol. The third kappa shape index (κ3) is 3.61. The SMILES string of the molecule is CC(C(N)=O)=C(C(C)N(C)C)C(C)N(C)C. The number of nitrogens with two attached hydrogens (primary N) is 1. The van der Waals surface area contributed by atoms with Gasteiger partial charge in [-0.05, 0) is 54.5 Å². The van der Waals surface area contributed by atoms with Crippen molar-refractivity contribution < 1.29 is 4.79 Å². The minimum absolute atomic E-state index is 0.199. The highest BCUT2D eigenvalue weighted by Crippen LogP contribution is 2.19. The zero-order chi connectivity index (χ0) is 13.0. The van der Waals surface area contributed by atoms with Gasteiger partial charge in [-0.1, -0.05) is 0 Å². The summed E-state index contributed by atoms with van der Waals surface area (Å²) in [4.78, 5) is 15.5. The van der Waals surface area contributed by atoms with Gasteiger partial charge in [0.15, 0.2) is 0 Å². The molecule has 0 saturated heterocycles. The molecule has 0 rings (SSSR count). The van der Waals surface area contributed by atoms with Crippen LogP contribution >= 0.6 is 0 Å². The minimum Gasteiger partial charge on any atom is -0.366 e. The lowest BCUT2D eigenvalue weighted by atomic mass is 9.94. The largest absolute Gasteiger partial charge is 0.366 e. The van der Waals surface area contributed by atoms with Crippen LogP contribution in [0.4, 0.5) is 0 Å². The molecular formula is C12H25N3O. The van der Waals surface area contributed by atoms with Crippen LogP contribution < -0.4 is 5.73 Å². The molecule has 0 aliphatic rings. The molecule has 0 bridgehead atoms. The smallest absolute Gasteiger partial charge is 0.244 e. The predicted octanol–water partition coefficient (Wildman–Crippen LogP) is 0.688. The van der Waals surface area contributed by atoms with Crippen LogP contribution in [0.15, 0.2) is 11.1 Å². The third-order valence-electron chi connectivity index (χ3n) is 3.25. The van der Waals surface area contributed by atoms with Crippen LogP contribution in [0, 0.1) is 0 Å². The number of primary amides is 1. The zero-order valence-electron chi connectivity index (χ0n) is 11.5. The molecule has 2 unspecified atom stereocenters. The fraction of sp³-hybridized carbons (Fsp3) is 0.750. The Morgan fingerprint density at radius 3 is 1.50 bits per heavy atom. The van der Waals surface area contributed by atoms with Crippen LogP contribution in [-0.2, 0) is 4.79 Å². The second kappa shape index (κ2) is 6.01. The van der Waals surface area contributed by atoms with Gasteiger partial charge in [-0.3, -0.25) is 4.79 Å². The Morgan fingerprint density at radius 1 is 1.00 bits per heavy atom. The molecule has 0 aliphatic heterocycles. The van der Waals surface area contributed by atoms with Gasteiger partial charge in [0.1, 0.15) is 0 Å². The van der Waals surface area contributed by atoms with Crippen LogP contribution in [0.5, 0.6) is 0 Å². The van der Waals surface area contributed by atoms with Crippen LogP contribution in [0.2, 0.25) is 0 Å². The first-order valence-electron chi connectivity index (χ1n) is 5.53. The zero-order valence-corrected chi connectivity index (χ0v) is 11.5. The molecule has 0 fully saturated rings. The molecule has 2 N–H and O–H groups in total. The summed E-state index contributed by atoms with van der Waals surface area (Å²) < 4.78 is 0. The summed E-state index contributed by atoms with van der Waals surface area (Å²) >= 11 is 0. The van der Waals surface area contributed by atoms with E-state index in [1.54, 1.807) is 6.92 Å². The van der Waals surface area contributed by atoms with E-state index < -0.39 is 0 Å². The highest BCUT2D eigenvalue weighted by Gasteiger charge is 2.23. The van der Waals surface area contributed by atoms with Gasteiger partial charge in [0.2, 0.25) is 5.91 Å². The summed E-state index contributed by atoms with van der Waals surface area (Å²) in [6.07, 6.45) is 0. The van der Waals surface area contributed by atoms with Crippen molar-refractivity contribution in [3.05, 3.63) is 11.1 Å². The van der Waals surface area contributed by atoms with Gasteiger partial charge < -0.3 is 15.5 Å². The van der Waals surface area contributed by atoms with Gasteiger partial charge in [-0.2, -0.15) is 0 Å². The fourth-order valence-corrected chi connectivity index (χ4v) is 1.67. The van der Waals surface area contributed by atoms with E-state index in [1.807, 2.05) is 28.2 Å². The molecule has 1 amide bonds. The highest BCUT2D eigenvalue weighted by atomic mass is 16.1. The molecule has 0 aromatic rings. The van der Waals surface area contributed by atoms with Crippen molar-refractivity contribution in [2.45, 2.75) is 32.9 Å². The van der Waals surface area contributed by atoms with Crippen LogP contribution in [-0.4, -0.2) is 56.0 Å². The second-order valence-electron chi connectivity index (χ2n) is 4.72. The van der Waals surface area contributed by atoms with Crippen molar-refractivity contribution >= 4 is 5.91 Å². The number of likely N-dealkylation sites (N-methyl/N-ethyl adjacent to an activating group) is 2. The molecule has 2 atom stereocenters. The monoisotopic (exact) mass is 227 g/mol. The summed E-state index contributed by atoms with van der Waals surface area (Å²) in [7, 11) is 8.01.